The van der Waals surface area contributed by atoms with Crippen LogP contribution in [0.1, 0.15) is 16.7 Å². The Morgan fingerprint density at radius 3 is 2.21 bits per heavy atom. The Morgan fingerprint density at radius 1 is 1.05 bits per heavy atom. The fourth-order valence-electron chi connectivity index (χ4n) is 3.14. The molecule has 3 nitrogen and oxygen atoms in total. The average molecular weight is 259 g/mol. The molecule has 2 heterocycles. The molecule has 0 bridgehead atoms. The van der Waals surface area contributed by atoms with E-state index < -0.39 is 0 Å². The zero-order valence-electron chi connectivity index (χ0n) is 12.2. The van der Waals surface area contributed by atoms with Crippen molar-refractivity contribution in [2.75, 3.05) is 39.3 Å². The van der Waals surface area contributed by atoms with Gasteiger partial charge in [0.2, 0.25) is 0 Å². The van der Waals surface area contributed by atoms with Crippen molar-refractivity contribution < 1.29 is 0 Å². The number of piperazine rings is 1. The first-order chi connectivity index (χ1) is 9.24. The first-order valence-electron chi connectivity index (χ1n) is 7.46. The minimum atomic E-state index is 0.808. The van der Waals surface area contributed by atoms with Crippen molar-refractivity contribution in [3.63, 3.8) is 0 Å². The number of hydrogen-bond donors (Lipinski definition) is 1. The van der Waals surface area contributed by atoms with E-state index in [1.165, 1.54) is 56.0 Å². The molecule has 19 heavy (non-hydrogen) atoms. The lowest BCUT2D eigenvalue weighted by Gasteiger charge is -2.43. The molecule has 2 saturated heterocycles. The highest BCUT2D eigenvalue weighted by Gasteiger charge is 2.27. The van der Waals surface area contributed by atoms with E-state index in [1.807, 2.05) is 0 Å². The number of nitrogens with zero attached hydrogens (tertiary/aromatic N) is 2. The fraction of sp³-hybridized carbons (Fsp3) is 0.625. The van der Waals surface area contributed by atoms with Crippen LogP contribution in [0.5, 0.6) is 0 Å². The fourth-order valence-corrected chi connectivity index (χ4v) is 3.14. The second-order valence-corrected chi connectivity index (χ2v) is 5.99. The topological polar surface area (TPSA) is 18.5 Å². The van der Waals surface area contributed by atoms with Crippen molar-refractivity contribution in [3.05, 3.63) is 34.9 Å². The van der Waals surface area contributed by atoms with Gasteiger partial charge in [-0.05, 0) is 30.5 Å². The number of aryl methyl sites for hydroxylation is 2. The zero-order valence-corrected chi connectivity index (χ0v) is 12.2. The van der Waals surface area contributed by atoms with Gasteiger partial charge in [-0.2, -0.15) is 0 Å². The van der Waals surface area contributed by atoms with Gasteiger partial charge >= 0.3 is 0 Å². The van der Waals surface area contributed by atoms with Crippen LogP contribution in [0, 0.1) is 13.8 Å². The molecule has 2 aliphatic rings. The van der Waals surface area contributed by atoms with Gasteiger partial charge in [0.05, 0.1) is 0 Å². The summed E-state index contributed by atoms with van der Waals surface area (Å²) in [6.07, 6.45) is 0. The third-order valence-electron chi connectivity index (χ3n) is 4.71. The van der Waals surface area contributed by atoms with Gasteiger partial charge in [-0.15, -0.1) is 0 Å². The van der Waals surface area contributed by atoms with E-state index in [9.17, 15) is 0 Å². The summed E-state index contributed by atoms with van der Waals surface area (Å²) < 4.78 is 0. The van der Waals surface area contributed by atoms with Crippen LogP contribution in [0.3, 0.4) is 0 Å². The Balaban J connectivity index is 1.57. The Bertz CT molecular complexity index is 411. The molecule has 3 rings (SSSR count). The van der Waals surface area contributed by atoms with Crippen LogP contribution in [0.4, 0.5) is 0 Å². The summed E-state index contributed by atoms with van der Waals surface area (Å²) in [5.74, 6) is 0. The highest BCUT2D eigenvalue weighted by atomic mass is 15.3. The summed E-state index contributed by atoms with van der Waals surface area (Å²) in [6, 6.07) is 7.44. The van der Waals surface area contributed by atoms with Gasteiger partial charge in [0.25, 0.3) is 0 Å². The highest BCUT2D eigenvalue weighted by Crippen LogP contribution is 2.17. The van der Waals surface area contributed by atoms with Crippen molar-refractivity contribution in [2.24, 2.45) is 0 Å². The van der Waals surface area contributed by atoms with E-state index >= 15 is 0 Å². The summed E-state index contributed by atoms with van der Waals surface area (Å²) in [7, 11) is 0. The monoisotopic (exact) mass is 259 g/mol. The number of benzene rings is 1. The van der Waals surface area contributed by atoms with Gasteiger partial charge in [-0.25, -0.2) is 0 Å². The van der Waals surface area contributed by atoms with Crippen LogP contribution in [-0.4, -0.2) is 55.1 Å². The quantitative estimate of drug-likeness (QED) is 0.885. The standard InChI is InChI=1S/C16H25N3/c1-13-4-3-5-14(2)16(13)12-18-6-8-19(9-7-18)15-10-17-11-15/h3-5,15,17H,6-12H2,1-2H3. The van der Waals surface area contributed by atoms with Crippen LogP contribution < -0.4 is 5.32 Å². The highest BCUT2D eigenvalue weighted by molar-refractivity contribution is 5.33. The molecule has 1 N–H and O–H groups in total. The maximum absolute atomic E-state index is 3.37. The van der Waals surface area contributed by atoms with E-state index in [1.54, 1.807) is 0 Å². The largest absolute Gasteiger partial charge is 0.314 e. The van der Waals surface area contributed by atoms with Gasteiger partial charge in [0.15, 0.2) is 0 Å². The average Bonchev–Trinajstić information content (AvgIpc) is 2.34. The van der Waals surface area contributed by atoms with Gasteiger partial charge in [0, 0.05) is 51.9 Å². The number of nitrogens with one attached hydrogen (secondary N) is 1. The first kappa shape index (κ1) is 13.1. The lowest BCUT2D eigenvalue weighted by molar-refractivity contribution is 0.0694. The molecule has 2 fully saturated rings. The summed E-state index contributed by atoms with van der Waals surface area (Å²) in [4.78, 5) is 5.26. The molecule has 0 radical (unpaired) electrons. The molecule has 0 aromatic heterocycles. The molecule has 0 saturated carbocycles. The Kier molecular flexibility index (Phi) is 3.87. The third-order valence-corrected chi connectivity index (χ3v) is 4.71. The van der Waals surface area contributed by atoms with Crippen LogP contribution in [0.15, 0.2) is 18.2 Å². The molecule has 0 amide bonds. The molecule has 2 aliphatic heterocycles. The van der Waals surface area contributed by atoms with Crippen molar-refractivity contribution in [2.45, 2.75) is 26.4 Å². The van der Waals surface area contributed by atoms with Crippen LogP contribution in [0.2, 0.25) is 0 Å². The molecular weight excluding hydrogens is 234 g/mol. The first-order valence-corrected chi connectivity index (χ1v) is 7.46. The second kappa shape index (κ2) is 5.61. The molecular formula is C16H25N3. The van der Waals surface area contributed by atoms with E-state index in [0.29, 0.717) is 0 Å². The predicted octanol–water partition coefficient (Wildman–Crippen LogP) is 1.39. The van der Waals surface area contributed by atoms with Crippen molar-refractivity contribution in [1.82, 2.24) is 15.1 Å². The van der Waals surface area contributed by atoms with Gasteiger partial charge in [0.1, 0.15) is 0 Å². The Hall–Kier alpha value is -0.900. The smallest absolute Gasteiger partial charge is 0.0346 e. The van der Waals surface area contributed by atoms with Crippen molar-refractivity contribution in [3.8, 4) is 0 Å². The molecule has 104 valence electrons. The third kappa shape index (κ3) is 2.83. The van der Waals surface area contributed by atoms with E-state index in [2.05, 4.69) is 47.2 Å². The minimum Gasteiger partial charge on any atom is -0.314 e. The van der Waals surface area contributed by atoms with Gasteiger partial charge in [-0.1, -0.05) is 18.2 Å². The van der Waals surface area contributed by atoms with Gasteiger partial charge in [-0.3, -0.25) is 9.80 Å². The van der Waals surface area contributed by atoms with Crippen LogP contribution >= 0.6 is 0 Å². The maximum Gasteiger partial charge on any atom is 0.0346 e. The second-order valence-electron chi connectivity index (χ2n) is 5.99. The molecule has 1 aromatic carbocycles. The minimum absolute atomic E-state index is 0.808. The lowest BCUT2D eigenvalue weighted by Crippen LogP contribution is -2.61. The number of rotatable bonds is 3. The molecule has 0 atom stereocenters. The summed E-state index contributed by atoms with van der Waals surface area (Å²) in [5, 5.41) is 3.37. The van der Waals surface area contributed by atoms with E-state index in [4.69, 9.17) is 0 Å². The Labute approximate surface area is 116 Å². The predicted molar refractivity (Wildman–Crippen MR) is 79.4 cm³/mol. The van der Waals surface area contributed by atoms with E-state index in [0.717, 1.165) is 12.6 Å². The zero-order chi connectivity index (χ0) is 13.2. The van der Waals surface area contributed by atoms with Crippen molar-refractivity contribution >= 4 is 0 Å². The summed E-state index contributed by atoms with van der Waals surface area (Å²) in [5.41, 5.74) is 4.40. The van der Waals surface area contributed by atoms with Crippen LogP contribution in [0.25, 0.3) is 0 Å². The maximum atomic E-state index is 3.37. The molecule has 0 unspecified atom stereocenters. The molecule has 3 heteroatoms. The van der Waals surface area contributed by atoms with Crippen molar-refractivity contribution in [1.29, 1.82) is 0 Å². The molecule has 0 aliphatic carbocycles. The SMILES string of the molecule is Cc1cccc(C)c1CN1CCN(C2CNC2)CC1. The normalized spacial score (nSPS) is 22.4. The summed E-state index contributed by atoms with van der Waals surface area (Å²) in [6.45, 7) is 12.9. The molecule has 1 aromatic rings. The number of hydrogen-bond acceptors (Lipinski definition) is 3. The van der Waals surface area contributed by atoms with E-state index in [-0.39, 0.29) is 0 Å². The summed E-state index contributed by atoms with van der Waals surface area (Å²) >= 11 is 0. The lowest BCUT2D eigenvalue weighted by atomic mass is 10.0. The van der Waals surface area contributed by atoms with Crippen LogP contribution in [-0.2, 0) is 6.54 Å². The molecule has 0 spiro atoms. The Morgan fingerprint density at radius 2 is 1.68 bits per heavy atom. The van der Waals surface area contributed by atoms with Gasteiger partial charge < -0.3 is 5.32 Å².